The second kappa shape index (κ2) is 5.84. The highest BCUT2D eigenvalue weighted by molar-refractivity contribution is 7.79. The fraction of sp³-hybridized carbons (Fsp3) is 0.250. The Bertz CT molecular complexity index is 423. The quantitative estimate of drug-likeness (QED) is 0.761. The Labute approximate surface area is 92.5 Å². The number of rotatable bonds is 4. The van der Waals surface area contributed by atoms with E-state index < -0.39 is 22.0 Å². The summed E-state index contributed by atoms with van der Waals surface area (Å²) in [6.45, 7) is 0. The second-order valence-corrected chi connectivity index (χ2v) is 4.37. The van der Waals surface area contributed by atoms with E-state index in [9.17, 15) is 8.42 Å². The first-order chi connectivity index (χ1) is 7.11. The van der Waals surface area contributed by atoms with E-state index in [1.54, 1.807) is 24.3 Å². The van der Waals surface area contributed by atoms with Crippen LogP contribution in [-0.2, 0) is 30.3 Å². The number of nitrogens with zero attached hydrogens (tertiary/aromatic N) is 1. The summed E-state index contributed by atoms with van der Waals surface area (Å²) in [5.41, 5.74) is 0.504. The Morgan fingerprint density at radius 1 is 1.33 bits per heavy atom. The van der Waals surface area contributed by atoms with E-state index in [2.05, 4.69) is 8.55 Å². The largest absolute Gasteiger partial charge is 0.441 e. The van der Waals surface area contributed by atoms with Crippen molar-refractivity contribution < 1.29 is 16.8 Å². The van der Waals surface area contributed by atoms with Gasteiger partial charge in [0.05, 0.1) is 0 Å². The van der Waals surface area contributed by atoms with Gasteiger partial charge in [-0.1, -0.05) is 10.9 Å². The lowest BCUT2D eigenvalue weighted by atomic mass is 10.3. The predicted molar refractivity (Wildman–Crippen MR) is 58.3 cm³/mol. The maximum Gasteiger partial charge on any atom is 0.203 e. The van der Waals surface area contributed by atoms with Crippen LogP contribution in [0.15, 0.2) is 28.6 Å². The van der Waals surface area contributed by atoms with Gasteiger partial charge in [0.2, 0.25) is 11.1 Å². The Morgan fingerprint density at radius 3 is 2.40 bits per heavy atom. The van der Waals surface area contributed by atoms with E-state index in [1.165, 1.54) is 13.4 Å². The van der Waals surface area contributed by atoms with Crippen molar-refractivity contribution in [2.24, 2.45) is 4.36 Å². The maximum absolute atomic E-state index is 10.9. The van der Waals surface area contributed by atoms with Crippen LogP contribution in [-0.4, -0.2) is 17.6 Å². The molecule has 15 heavy (non-hydrogen) atoms. The van der Waals surface area contributed by atoms with Gasteiger partial charge in [-0.25, -0.2) is 4.21 Å². The molecular weight excluding hydrogens is 238 g/mol. The van der Waals surface area contributed by atoms with Gasteiger partial charge in [-0.15, -0.1) is 0 Å². The standard InChI is InChI=1S/C8H10NO4S2/c1-12-15(11)9-7-3-5-8(6-4-7)13-14(2)10/h3-6H,1-2H3/q-1. The molecule has 0 fully saturated rings. The molecule has 1 aromatic carbocycles. The first-order valence-corrected chi connectivity index (χ1v) is 6.43. The molecule has 84 valence electrons. The normalized spacial score (nSPS) is 14.8. The van der Waals surface area contributed by atoms with Crippen LogP contribution >= 0.6 is 0 Å². The first-order valence-electron chi connectivity index (χ1n) is 3.91. The summed E-state index contributed by atoms with van der Waals surface area (Å²) in [7, 11) is -0.368. The van der Waals surface area contributed by atoms with E-state index in [4.69, 9.17) is 4.18 Å². The molecule has 1 atom stereocenters. The number of hydrogen-bond donors (Lipinski definition) is 0. The van der Waals surface area contributed by atoms with Gasteiger partial charge in [-0.3, -0.25) is 0 Å². The van der Waals surface area contributed by atoms with Crippen molar-refractivity contribution in [2.75, 3.05) is 13.4 Å². The van der Waals surface area contributed by atoms with Crippen LogP contribution in [0, 0.1) is 0 Å². The molecule has 0 saturated heterocycles. The Balaban J connectivity index is 2.81. The van der Waals surface area contributed by atoms with E-state index in [0.29, 0.717) is 11.4 Å². The molecular formula is C8H10NO4S2-. The molecule has 7 heteroatoms. The summed E-state index contributed by atoms with van der Waals surface area (Å²) in [6.07, 6.45) is 1.43. The van der Waals surface area contributed by atoms with Crippen LogP contribution in [0.25, 0.3) is 0 Å². The predicted octanol–water partition coefficient (Wildman–Crippen LogP) is 1.70. The minimum Gasteiger partial charge on any atom is -0.441 e. The molecule has 1 unspecified atom stereocenters. The van der Waals surface area contributed by atoms with E-state index in [1.807, 2.05) is 0 Å². The van der Waals surface area contributed by atoms with Crippen molar-refractivity contribution in [1.82, 2.24) is 0 Å². The van der Waals surface area contributed by atoms with Gasteiger partial charge >= 0.3 is 0 Å². The summed E-state index contributed by atoms with van der Waals surface area (Å²) in [5, 5.41) is 0. The summed E-state index contributed by atoms with van der Waals surface area (Å²) in [4.78, 5) is 0. The fourth-order valence-corrected chi connectivity index (χ4v) is 1.57. The van der Waals surface area contributed by atoms with E-state index >= 15 is 0 Å². The van der Waals surface area contributed by atoms with Crippen molar-refractivity contribution in [2.45, 2.75) is 0 Å². The van der Waals surface area contributed by atoms with Gasteiger partial charge in [-0.2, -0.15) is 0 Å². The minimum atomic E-state index is -1.67. The zero-order valence-electron chi connectivity index (χ0n) is 8.21. The van der Waals surface area contributed by atoms with Gasteiger partial charge in [0.25, 0.3) is 0 Å². The first kappa shape index (κ1) is 12.2. The molecule has 0 amide bonds. The molecule has 0 bridgehead atoms. The Kier molecular flexibility index (Phi) is 4.73. The molecule has 0 heterocycles. The van der Waals surface area contributed by atoms with Crippen molar-refractivity contribution in [1.29, 1.82) is 0 Å². The summed E-state index contributed by atoms with van der Waals surface area (Å²) in [5.74, 6) is 0.470. The molecule has 0 aromatic heterocycles. The maximum atomic E-state index is 10.9. The van der Waals surface area contributed by atoms with Crippen molar-refractivity contribution in [3.05, 3.63) is 24.3 Å². The third kappa shape index (κ3) is 4.41. The smallest absolute Gasteiger partial charge is 0.203 e. The highest BCUT2D eigenvalue weighted by Crippen LogP contribution is 2.18. The third-order valence-electron chi connectivity index (χ3n) is 1.37. The minimum absolute atomic E-state index is 0.470. The van der Waals surface area contributed by atoms with Crippen LogP contribution in [0.2, 0.25) is 0 Å². The van der Waals surface area contributed by atoms with E-state index in [0.717, 1.165) is 0 Å². The van der Waals surface area contributed by atoms with Gasteiger partial charge in [-0.05, 0) is 24.3 Å². The molecule has 1 rings (SSSR count). The Morgan fingerprint density at radius 2 is 1.93 bits per heavy atom. The molecule has 1 aromatic rings. The van der Waals surface area contributed by atoms with Crippen molar-refractivity contribution in [3.63, 3.8) is 0 Å². The molecule has 0 radical (unpaired) electrons. The van der Waals surface area contributed by atoms with E-state index in [-0.39, 0.29) is 0 Å². The summed E-state index contributed by atoms with van der Waals surface area (Å²) in [6, 6.07) is 6.37. The monoisotopic (exact) mass is 248 g/mol. The van der Waals surface area contributed by atoms with Crippen LogP contribution in [0.3, 0.4) is 0 Å². The molecule has 5 nitrogen and oxygen atoms in total. The van der Waals surface area contributed by atoms with Gasteiger partial charge in [0, 0.05) is 19.1 Å². The lowest BCUT2D eigenvalue weighted by Gasteiger charge is -2.03. The molecule has 0 N–H and O–H groups in total. The highest BCUT2D eigenvalue weighted by Gasteiger charge is 1.95. The second-order valence-electron chi connectivity index (χ2n) is 2.45. The molecule has 0 saturated carbocycles. The topological polar surface area (TPSA) is 65.0 Å². The molecule has 0 aliphatic rings. The van der Waals surface area contributed by atoms with Gasteiger partial charge in [0.15, 0.2) is 0 Å². The number of hydrogen-bond acceptors (Lipinski definition) is 6. The zero-order chi connectivity index (χ0) is 11.3. The highest BCUT2D eigenvalue weighted by atomic mass is 32.2. The Hall–Kier alpha value is -0.920. The number of benzene rings is 1. The molecule has 0 aliphatic heterocycles. The van der Waals surface area contributed by atoms with Gasteiger partial charge < -0.3 is 16.9 Å². The lowest BCUT2D eigenvalue weighted by Crippen LogP contribution is -1.95. The zero-order valence-corrected chi connectivity index (χ0v) is 9.84. The van der Waals surface area contributed by atoms with Crippen LogP contribution in [0.4, 0.5) is 5.69 Å². The van der Waals surface area contributed by atoms with Crippen molar-refractivity contribution >= 4 is 27.6 Å². The van der Waals surface area contributed by atoms with Crippen LogP contribution in [0.5, 0.6) is 5.75 Å². The third-order valence-corrected chi connectivity index (χ3v) is 2.45. The van der Waals surface area contributed by atoms with Crippen molar-refractivity contribution in [3.8, 4) is 5.75 Å². The van der Waals surface area contributed by atoms with Gasteiger partial charge in [0.1, 0.15) is 5.75 Å². The molecule has 0 spiro atoms. The fourth-order valence-electron chi connectivity index (χ4n) is 0.821. The SMILES string of the molecule is CO[S-](=O)=Nc1ccc(OS(C)=O)cc1. The average molecular weight is 248 g/mol. The summed E-state index contributed by atoms with van der Waals surface area (Å²) >= 11 is -1.35. The lowest BCUT2D eigenvalue weighted by molar-refractivity contribution is 0.438. The summed E-state index contributed by atoms with van der Waals surface area (Å²) < 4.78 is 34.7. The average Bonchev–Trinajstić information content (AvgIpc) is 2.20. The molecule has 0 aliphatic carbocycles. The van der Waals surface area contributed by atoms with Crippen LogP contribution in [0.1, 0.15) is 0 Å². The van der Waals surface area contributed by atoms with Crippen LogP contribution < -0.4 is 4.18 Å².